The second-order valence-electron chi connectivity index (χ2n) is 5.22. The lowest BCUT2D eigenvalue weighted by Gasteiger charge is -2.14. The van der Waals surface area contributed by atoms with Crippen molar-refractivity contribution in [2.45, 2.75) is 19.3 Å². The summed E-state index contributed by atoms with van der Waals surface area (Å²) in [6.45, 7) is 1.12. The molecule has 0 radical (unpaired) electrons. The van der Waals surface area contributed by atoms with E-state index < -0.39 is 17.6 Å². The predicted octanol–water partition coefficient (Wildman–Crippen LogP) is 3.54. The molecule has 0 saturated heterocycles. The lowest BCUT2D eigenvalue weighted by Crippen LogP contribution is -2.18. The summed E-state index contributed by atoms with van der Waals surface area (Å²) in [5, 5.41) is 14.9. The normalized spacial score (nSPS) is 11.5. The van der Waals surface area contributed by atoms with Gasteiger partial charge in [0.1, 0.15) is 5.82 Å². The zero-order valence-corrected chi connectivity index (χ0v) is 12.8. The molecular weight excluding hydrogens is 324 g/mol. The summed E-state index contributed by atoms with van der Waals surface area (Å²) in [4.78, 5) is 0. The molecule has 0 heterocycles. The number of aliphatic hydroxyl groups excluding tert-OH is 1. The number of nitrogens with one attached hydrogen (secondary N) is 2. The molecule has 0 aliphatic rings. The Kier molecular flexibility index (Phi) is 6.16. The van der Waals surface area contributed by atoms with Crippen molar-refractivity contribution in [3.05, 3.63) is 65.0 Å². The summed E-state index contributed by atoms with van der Waals surface area (Å²) in [5.41, 5.74) is 0.756. The third-order valence-corrected chi connectivity index (χ3v) is 3.44. The Hall–Kier alpha value is -2.12. The van der Waals surface area contributed by atoms with Crippen LogP contribution in [0, 0.1) is 5.82 Å². The van der Waals surface area contributed by atoms with Gasteiger partial charge in [0, 0.05) is 25.3 Å². The Balaban J connectivity index is 2.09. The summed E-state index contributed by atoms with van der Waals surface area (Å²) < 4.78 is 51.5. The molecule has 0 aliphatic carbocycles. The molecule has 0 aromatic heterocycles. The van der Waals surface area contributed by atoms with Gasteiger partial charge in [-0.1, -0.05) is 24.3 Å². The summed E-state index contributed by atoms with van der Waals surface area (Å²) in [6, 6.07) is 10.3. The van der Waals surface area contributed by atoms with Crippen LogP contribution in [0.15, 0.2) is 42.5 Å². The van der Waals surface area contributed by atoms with Gasteiger partial charge in [-0.25, -0.2) is 4.39 Å². The molecule has 7 heteroatoms. The van der Waals surface area contributed by atoms with Crippen LogP contribution in [0.2, 0.25) is 0 Å². The largest absolute Gasteiger partial charge is 0.419 e. The second kappa shape index (κ2) is 8.12. The highest BCUT2D eigenvalue weighted by Crippen LogP contribution is 2.32. The standard InChI is InChI=1S/C17H18F4N2O/c18-15-6-5-12(9-14(15)17(19,20)21)10-23-16-4-2-1-3-13(16)11-22-7-8-24/h1-6,9,22-24H,7-8,10-11H2. The number of halogens is 4. The lowest BCUT2D eigenvalue weighted by atomic mass is 10.1. The van der Waals surface area contributed by atoms with E-state index in [1.54, 1.807) is 0 Å². The highest BCUT2D eigenvalue weighted by Gasteiger charge is 2.34. The first-order chi connectivity index (χ1) is 11.4. The zero-order chi connectivity index (χ0) is 17.6. The quantitative estimate of drug-likeness (QED) is 0.533. The van der Waals surface area contributed by atoms with Gasteiger partial charge in [0.15, 0.2) is 0 Å². The molecule has 0 fully saturated rings. The first-order valence-electron chi connectivity index (χ1n) is 7.41. The summed E-state index contributed by atoms with van der Waals surface area (Å²) in [6.07, 6.45) is -4.72. The molecule has 3 nitrogen and oxygen atoms in total. The number of hydrogen-bond acceptors (Lipinski definition) is 3. The Bertz CT molecular complexity index is 674. The third-order valence-electron chi connectivity index (χ3n) is 3.44. The number of hydrogen-bond donors (Lipinski definition) is 3. The number of anilines is 1. The van der Waals surface area contributed by atoms with E-state index in [9.17, 15) is 17.6 Å². The van der Waals surface area contributed by atoms with Gasteiger partial charge >= 0.3 is 6.18 Å². The minimum Gasteiger partial charge on any atom is -0.395 e. The van der Waals surface area contributed by atoms with Crippen LogP contribution in [0.4, 0.5) is 23.2 Å². The van der Waals surface area contributed by atoms with E-state index in [-0.39, 0.29) is 13.2 Å². The van der Waals surface area contributed by atoms with Crippen molar-refractivity contribution in [1.82, 2.24) is 5.32 Å². The van der Waals surface area contributed by atoms with Crippen molar-refractivity contribution < 1.29 is 22.7 Å². The fourth-order valence-corrected chi connectivity index (χ4v) is 2.25. The fourth-order valence-electron chi connectivity index (χ4n) is 2.25. The van der Waals surface area contributed by atoms with Crippen LogP contribution in [0.1, 0.15) is 16.7 Å². The van der Waals surface area contributed by atoms with Crippen molar-refractivity contribution in [3.8, 4) is 0 Å². The smallest absolute Gasteiger partial charge is 0.395 e. The van der Waals surface area contributed by atoms with Crippen molar-refractivity contribution in [2.75, 3.05) is 18.5 Å². The first kappa shape index (κ1) is 18.2. The molecule has 2 aromatic carbocycles. The number of rotatable bonds is 7. The Labute approximate surface area is 137 Å². The van der Waals surface area contributed by atoms with Gasteiger partial charge in [0.05, 0.1) is 12.2 Å². The number of benzene rings is 2. The van der Waals surface area contributed by atoms with E-state index in [2.05, 4.69) is 10.6 Å². The fraction of sp³-hybridized carbons (Fsp3) is 0.294. The highest BCUT2D eigenvalue weighted by molar-refractivity contribution is 5.51. The van der Waals surface area contributed by atoms with Crippen LogP contribution < -0.4 is 10.6 Å². The Morgan fingerprint density at radius 3 is 2.46 bits per heavy atom. The van der Waals surface area contributed by atoms with Gasteiger partial charge in [0.2, 0.25) is 0 Å². The topological polar surface area (TPSA) is 44.3 Å². The minimum atomic E-state index is -4.72. The molecule has 0 aliphatic heterocycles. The van der Waals surface area contributed by atoms with Gasteiger partial charge in [-0.15, -0.1) is 0 Å². The van der Waals surface area contributed by atoms with Gasteiger partial charge in [-0.2, -0.15) is 13.2 Å². The molecule has 0 atom stereocenters. The van der Waals surface area contributed by atoms with Crippen LogP contribution in [-0.2, 0) is 19.3 Å². The van der Waals surface area contributed by atoms with E-state index in [1.165, 1.54) is 6.07 Å². The molecule has 0 saturated carbocycles. The van der Waals surface area contributed by atoms with Crippen molar-refractivity contribution in [1.29, 1.82) is 0 Å². The van der Waals surface area contributed by atoms with E-state index in [1.807, 2.05) is 24.3 Å². The average molecular weight is 342 g/mol. The molecule has 0 unspecified atom stereocenters. The predicted molar refractivity (Wildman–Crippen MR) is 84.0 cm³/mol. The maximum atomic E-state index is 13.3. The van der Waals surface area contributed by atoms with E-state index >= 15 is 0 Å². The SMILES string of the molecule is OCCNCc1ccccc1NCc1ccc(F)c(C(F)(F)F)c1. The molecule has 0 bridgehead atoms. The maximum Gasteiger partial charge on any atom is 0.419 e. The summed E-state index contributed by atoms with van der Waals surface area (Å²) in [7, 11) is 0. The Morgan fingerprint density at radius 2 is 1.75 bits per heavy atom. The molecule has 2 aromatic rings. The first-order valence-corrected chi connectivity index (χ1v) is 7.41. The van der Waals surface area contributed by atoms with Crippen LogP contribution in [0.25, 0.3) is 0 Å². The average Bonchev–Trinajstić information content (AvgIpc) is 2.54. The zero-order valence-electron chi connectivity index (χ0n) is 12.8. The lowest BCUT2D eigenvalue weighted by molar-refractivity contribution is -0.140. The second-order valence-corrected chi connectivity index (χ2v) is 5.22. The van der Waals surface area contributed by atoms with Crippen LogP contribution in [0.3, 0.4) is 0 Å². The molecule has 130 valence electrons. The van der Waals surface area contributed by atoms with Crippen LogP contribution in [0.5, 0.6) is 0 Å². The molecule has 3 N–H and O–H groups in total. The number of aliphatic hydroxyl groups is 1. The molecular formula is C17H18F4N2O. The van der Waals surface area contributed by atoms with Crippen LogP contribution >= 0.6 is 0 Å². The molecule has 2 rings (SSSR count). The maximum absolute atomic E-state index is 13.3. The highest BCUT2D eigenvalue weighted by atomic mass is 19.4. The van der Waals surface area contributed by atoms with Crippen molar-refractivity contribution in [3.63, 3.8) is 0 Å². The van der Waals surface area contributed by atoms with Gasteiger partial charge in [0.25, 0.3) is 0 Å². The third kappa shape index (κ3) is 4.94. The van der Waals surface area contributed by atoms with Gasteiger partial charge < -0.3 is 15.7 Å². The molecule has 0 spiro atoms. The van der Waals surface area contributed by atoms with Gasteiger partial charge in [-0.05, 0) is 29.3 Å². The van der Waals surface area contributed by atoms with E-state index in [0.29, 0.717) is 18.7 Å². The van der Waals surface area contributed by atoms with Crippen molar-refractivity contribution in [2.24, 2.45) is 0 Å². The van der Waals surface area contributed by atoms with E-state index in [4.69, 9.17) is 5.11 Å². The minimum absolute atomic E-state index is 0.0192. The number of para-hydroxylation sites is 1. The van der Waals surface area contributed by atoms with Crippen molar-refractivity contribution >= 4 is 5.69 Å². The van der Waals surface area contributed by atoms with E-state index in [0.717, 1.165) is 23.4 Å². The molecule has 24 heavy (non-hydrogen) atoms. The molecule has 0 amide bonds. The van der Waals surface area contributed by atoms with Crippen LogP contribution in [-0.4, -0.2) is 18.3 Å². The van der Waals surface area contributed by atoms with Gasteiger partial charge in [-0.3, -0.25) is 0 Å². The summed E-state index contributed by atoms with van der Waals surface area (Å²) in [5.74, 6) is -1.28. The summed E-state index contributed by atoms with van der Waals surface area (Å²) >= 11 is 0. The Morgan fingerprint density at radius 1 is 1.00 bits per heavy atom. The monoisotopic (exact) mass is 342 g/mol. The number of alkyl halides is 3.